The highest BCUT2D eigenvalue weighted by molar-refractivity contribution is 7.17. The number of hydrogen-bond donors (Lipinski definition) is 3. The Morgan fingerprint density at radius 1 is 1.27 bits per heavy atom. The molecule has 0 saturated carbocycles. The van der Waals surface area contributed by atoms with E-state index in [4.69, 9.17) is 4.52 Å². The highest BCUT2D eigenvalue weighted by Gasteiger charge is 2.16. The molecule has 0 atom stereocenters. The maximum absolute atomic E-state index is 11.9. The number of aromatic nitrogens is 4. The van der Waals surface area contributed by atoms with Gasteiger partial charge in [-0.2, -0.15) is 4.98 Å². The van der Waals surface area contributed by atoms with Gasteiger partial charge in [-0.15, -0.1) is 11.3 Å². The molecule has 0 aromatic carbocycles. The van der Waals surface area contributed by atoms with Crippen LogP contribution in [0.2, 0.25) is 0 Å². The van der Waals surface area contributed by atoms with Crippen molar-refractivity contribution < 1.29 is 14.7 Å². The van der Waals surface area contributed by atoms with Crippen LogP contribution in [0.4, 0.5) is 0 Å². The number of nitrogens with zero attached hydrogens (tertiary/aromatic N) is 3. The van der Waals surface area contributed by atoms with Crippen molar-refractivity contribution in [3.63, 3.8) is 0 Å². The molecule has 0 saturated heterocycles. The van der Waals surface area contributed by atoms with E-state index in [0.29, 0.717) is 41.3 Å². The molecule has 0 unspecified atom stereocenters. The summed E-state index contributed by atoms with van der Waals surface area (Å²) >= 11 is 1.35. The van der Waals surface area contributed by atoms with Gasteiger partial charge in [-0.3, -0.25) is 9.78 Å². The minimum Gasteiger partial charge on any atom is -0.364 e. The molecule has 0 bridgehead atoms. The number of fused-ring (bicyclic) bond motifs is 1. The summed E-state index contributed by atoms with van der Waals surface area (Å²) in [5.41, 5.74) is 1.85. The summed E-state index contributed by atoms with van der Waals surface area (Å²) in [6.07, 6.45) is 1.01. The number of rotatable bonds is 5. The average Bonchev–Trinajstić information content (AvgIpc) is 3.27. The van der Waals surface area contributed by atoms with Crippen molar-refractivity contribution in [1.29, 1.82) is 0 Å². The molecule has 4 heterocycles. The first-order chi connectivity index (χ1) is 12.6. The van der Waals surface area contributed by atoms with Crippen LogP contribution in [0, 0.1) is 0 Å². The molecule has 0 amide bonds. The number of aliphatic hydroxyl groups is 2. The molecule has 0 spiro atoms. The first kappa shape index (κ1) is 16.6. The number of aliphatic hydroxyl groups excluding tert-OH is 1. The molecule has 0 radical (unpaired) electrons. The van der Waals surface area contributed by atoms with Crippen LogP contribution in [-0.4, -0.2) is 30.3 Å². The molecule has 8 nitrogen and oxygen atoms in total. The van der Waals surface area contributed by atoms with Crippen molar-refractivity contribution in [3.05, 3.63) is 63.1 Å². The van der Waals surface area contributed by atoms with Gasteiger partial charge in [-0.25, -0.2) is 0 Å². The lowest BCUT2D eigenvalue weighted by molar-refractivity contribution is -0.0411. The van der Waals surface area contributed by atoms with E-state index in [9.17, 15) is 15.0 Å². The molecule has 0 aliphatic rings. The van der Waals surface area contributed by atoms with Gasteiger partial charge < -0.3 is 19.7 Å². The molecule has 132 valence electrons. The lowest BCUT2D eigenvalue weighted by atomic mass is 10.1. The van der Waals surface area contributed by atoms with E-state index in [-0.39, 0.29) is 5.56 Å². The Labute approximate surface area is 150 Å². The second-order valence-corrected chi connectivity index (χ2v) is 6.54. The van der Waals surface area contributed by atoms with Gasteiger partial charge in [0.1, 0.15) is 5.69 Å². The zero-order chi connectivity index (χ0) is 18.1. The normalized spacial score (nSPS) is 11.5. The lowest BCUT2D eigenvalue weighted by Gasteiger charge is -2.03. The van der Waals surface area contributed by atoms with E-state index >= 15 is 0 Å². The fourth-order valence-corrected chi connectivity index (χ4v) is 3.77. The number of aryl methyl sites for hydroxylation is 2. The van der Waals surface area contributed by atoms with Crippen molar-refractivity contribution in [2.45, 2.75) is 19.1 Å². The Balaban J connectivity index is 1.59. The van der Waals surface area contributed by atoms with E-state index in [1.807, 2.05) is 6.07 Å². The Morgan fingerprint density at radius 3 is 2.92 bits per heavy atom. The first-order valence-corrected chi connectivity index (χ1v) is 8.73. The van der Waals surface area contributed by atoms with Gasteiger partial charge in [0, 0.05) is 29.6 Å². The summed E-state index contributed by atoms with van der Waals surface area (Å²) in [5, 5.41) is 24.4. The molecule has 0 fully saturated rings. The van der Waals surface area contributed by atoms with Gasteiger partial charge in [0.15, 0.2) is 12.1 Å². The zero-order valence-electron chi connectivity index (χ0n) is 13.4. The maximum atomic E-state index is 11.9. The standard InChI is InChI=1S/C17H14N4O4S/c22-13-7-9(15-14(20-13)10(8-26-15)17(23)24)4-5-12-19-16(25-21-12)11-3-1-2-6-18-11/h1-3,6-8,17,23-24H,4-5H2,(H,20,22). The molecule has 0 aliphatic heterocycles. The Morgan fingerprint density at radius 2 is 2.15 bits per heavy atom. The molecular formula is C17H14N4O4S. The number of nitrogens with one attached hydrogen (secondary N) is 1. The SMILES string of the molecule is O=c1cc(CCc2noc(-c3ccccn3)n2)c2scc(C(O)O)c2[nH]1. The van der Waals surface area contributed by atoms with Crippen LogP contribution in [0.5, 0.6) is 0 Å². The average molecular weight is 370 g/mol. The Bertz CT molecular complexity index is 1100. The first-order valence-electron chi connectivity index (χ1n) is 7.85. The monoisotopic (exact) mass is 370 g/mol. The van der Waals surface area contributed by atoms with E-state index in [1.165, 1.54) is 17.4 Å². The quantitative estimate of drug-likeness (QED) is 0.457. The number of aromatic amines is 1. The molecule has 9 heteroatoms. The molecular weight excluding hydrogens is 356 g/mol. The van der Waals surface area contributed by atoms with E-state index in [2.05, 4.69) is 20.1 Å². The van der Waals surface area contributed by atoms with Crippen molar-refractivity contribution >= 4 is 21.6 Å². The predicted octanol–water partition coefficient (Wildman–Crippen LogP) is 1.80. The lowest BCUT2D eigenvalue weighted by Crippen LogP contribution is -2.08. The van der Waals surface area contributed by atoms with Crippen molar-refractivity contribution in [2.75, 3.05) is 0 Å². The van der Waals surface area contributed by atoms with Crippen LogP contribution in [0.25, 0.3) is 21.8 Å². The van der Waals surface area contributed by atoms with Gasteiger partial charge in [-0.05, 0) is 24.1 Å². The summed E-state index contributed by atoms with van der Waals surface area (Å²) in [6, 6.07) is 6.93. The molecule has 4 aromatic heterocycles. The third kappa shape index (κ3) is 3.15. The number of thiophene rings is 1. The zero-order valence-corrected chi connectivity index (χ0v) is 14.2. The smallest absolute Gasteiger partial charge is 0.276 e. The summed E-state index contributed by atoms with van der Waals surface area (Å²) in [5.74, 6) is 0.858. The van der Waals surface area contributed by atoms with Gasteiger partial charge in [0.2, 0.25) is 5.56 Å². The van der Waals surface area contributed by atoms with Crippen LogP contribution in [0.15, 0.2) is 45.2 Å². The Hall–Kier alpha value is -2.88. The molecule has 4 aromatic rings. The highest BCUT2D eigenvalue weighted by Crippen LogP contribution is 2.30. The van der Waals surface area contributed by atoms with E-state index in [0.717, 1.165) is 10.3 Å². The van der Waals surface area contributed by atoms with Crippen LogP contribution in [0.1, 0.15) is 23.2 Å². The summed E-state index contributed by atoms with van der Waals surface area (Å²) < 4.78 is 6.04. The van der Waals surface area contributed by atoms with E-state index in [1.54, 1.807) is 23.7 Å². The topological polar surface area (TPSA) is 125 Å². The van der Waals surface area contributed by atoms with Crippen molar-refractivity contribution in [1.82, 2.24) is 20.1 Å². The molecule has 26 heavy (non-hydrogen) atoms. The van der Waals surface area contributed by atoms with Gasteiger partial charge in [0.05, 0.1) is 10.2 Å². The van der Waals surface area contributed by atoms with Gasteiger partial charge >= 0.3 is 0 Å². The van der Waals surface area contributed by atoms with Crippen LogP contribution in [-0.2, 0) is 12.8 Å². The van der Waals surface area contributed by atoms with Crippen LogP contribution in [0.3, 0.4) is 0 Å². The van der Waals surface area contributed by atoms with Crippen LogP contribution >= 0.6 is 11.3 Å². The second kappa shape index (κ2) is 6.79. The molecule has 0 aliphatic carbocycles. The largest absolute Gasteiger partial charge is 0.364 e. The fraction of sp³-hybridized carbons (Fsp3) is 0.176. The van der Waals surface area contributed by atoms with Crippen molar-refractivity contribution in [3.8, 4) is 11.6 Å². The summed E-state index contributed by atoms with van der Waals surface area (Å²) in [6.45, 7) is 0. The number of hydrogen-bond acceptors (Lipinski definition) is 8. The predicted molar refractivity (Wildman–Crippen MR) is 94.6 cm³/mol. The van der Waals surface area contributed by atoms with Crippen LogP contribution < -0.4 is 5.56 Å². The molecule has 3 N–H and O–H groups in total. The highest BCUT2D eigenvalue weighted by atomic mass is 32.1. The number of H-pyrrole nitrogens is 1. The number of pyridine rings is 2. The summed E-state index contributed by atoms with van der Waals surface area (Å²) in [4.78, 5) is 23.1. The second-order valence-electron chi connectivity index (χ2n) is 5.66. The van der Waals surface area contributed by atoms with E-state index < -0.39 is 6.29 Å². The third-order valence-corrected chi connectivity index (χ3v) is 4.99. The fourth-order valence-electron chi connectivity index (χ4n) is 2.69. The minimum absolute atomic E-state index is 0.293. The van der Waals surface area contributed by atoms with Crippen molar-refractivity contribution in [2.24, 2.45) is 0 Å². The third-order valence-electron chi connectivity index (χ3n) is 3.91. The minimum atomic E-state index is -1.63. The Kier molecular flexibility index (Phi) is 4.33. The van der Waals surface area contributed by atoms with Gasteiger partial charge in [-0.1, -0.05) is 11.2 Å². The maximum Gasteiger partial charge on any atom is 0.276 e. The van der Waals surface area contributed by atoms with Gasteiger partial charge in [0.25, 0.3) is 5.89 Å². The molecule has 4 rings (SSSR count). The summed E-state index contributed by atoms with van der Waals surface area (Å²) in [7, 11) is 0.